The lowest BCUT2D eigenvalue weighted by molar-refractivity contribution is 0.0977. The van der Waals surface area contributed by atoms with E-state index < -0.39 is 0 Å². The Labute approximate surface area is 179 Å². The molecule has 0 aliphatic carbocycles. The first-order chi connectivity index (χ1) is 15.2. The number of anilines is 1. The summed E-state index contributed by atoms with van der Waals surface area (Å²) >= 11 is 0. The number of nitrogens with one attached hydrogen (secondary N) is 2. The van der Waals surface area contributed by atoms with E-state index in [-0.39, 0.29) is 12.7 Å². The first kappa shape index (κ1) is 20.2. The van der Waals surface area contributed by atoms with Crippen molar-refractivity contribution in [1.82, 2.24) is 10.3 Å². The molecule has 0 bridgehead atoms. The van der Waals surface area contributed by atoms with Gasteiger partial charge in [-0.25, -0.2) is 4.99 Å². The molecule has 0 fully saturated rings. The fraction of sp³-hybridized carbons (Fsp3) is 0.174. The molecule has 158 valence electrons. The average molecular weight is 418 g/mol. The number of hydrogen-bond donors (Lipinski definition) is 2. The van der Waals surface area contributed by atoms with Crippen LogP contribution in [0.4, 0.5) is 5.69 Å². The number of pyridine rings is 1. The molecular formula is C23H22N4O4. The van der Waals surface area contributed by atoms with Crippen LogP contribution >= 0.6 is 0 Å². The van der Waals surface area contributed by atoms with Crippen LogP contribution in [-0.2, 0) is 6.54 Å². The van der Waals surface area contributed by atoms with E-state index in [0.717, 1.165) is 5.69 Å². The van der Waals surface area contributed by atoms with Gasteiger partial charge in [-0.15, -0.1) is 0 Å². The number of hydrogen-bond acceptors (Lipinski definition) is 6. The Hall–Kier alpha value is -4.07. The number of fused-ring (bicyclic) bond motifs is 1. The maximum Gasteiger partial charge on any atom is 0.257 e. The van der Waals surface area contributed by atoms with Crippen molar-refractivity contribution in [3.05, 3.63) is 78.1 Å². The van der Waals surface area contributed by atoms with Gasteiger partial charge in [0.2, 0.25) is 12.8 Å². The van der Waals surface area contributed by atoms with Gasteiger partial charge in [-0.2, -0.15) is 0 Å². The fourth-order valence-corrected chi connectivity index (χ4v) is 2.92. The van der Waals surface area contributed by atoms with Crippen LogP contribution in [0, 0.1) is 0 Å². The lowest BCUT2D eigenvalue weighted by atomic mass is 10.2. The molecule has 8 nitrogen and oxygen atoms in total. The molecule has 2 N–H and O–H groups in total. The van der Waals surface area contributed by atoms with Crippen LogP contribution in [-0.4, -0.2) is 30.3 Å². The lowest BCUT2D eigenvalue weighted by Crippen LogP contribution is -2.36. The number of guanidine groups is 1. The summed E-state index contributed by atoms with van der Waals surface area (Å²) in [6.07, 6.45) is 1.70. The molecule has 3 aromatic rings. The minimum Gasteiger partial charge on any atom is -0.494 e. The van der Waals surface area contributed by atoms with E-state index in [1.807, 2.05) is 31.2 Å². The SMILES string of the molecule is CCOc1ccc(C(=O)NC(=NCc2ccccn2)Nc2ccc3c(c2)OCO3)cc1. The van der Waals surface area contributed by atoms with E-state index in [9.17, 15) is 4.79 Å². The summed E-state index contributed by atoms with van der Waals surface area (Å²) < 4.78 is 16.2. The quantitative estimate of drug-likeness (QED) is 0.469. The van der Waals surface area contributed by atoms with Gasteiger partial charge in [0.05, 0.1) is 18.8 Å². The van der Waals surface area contributed by atoms with Crippen LogP contribution in [0.2, 0.25) is 0 Å². The first-order valence-electron chi connectivity index (χ1n) is 9.86. The van der Waals surface area contributed by atoms with Crippen molar-refractivity contribution in [3.8, 4) is 17.2 Å². The topological polar surface area (TPSA) is 94.1 Å². The Morgan fingerprint density at radius 2 is 1.94 bits per heavy atom. The van der Waals surface area contributed by atoms with Crippen molar-refractivity contribution in [2.45, 2.75) is 13.5 Å². The van der Waals surface area contributed by atoms with Crippen LogP contribution in [0.15, 0.2) is 71.9 Å². The zero-order chi connectivity index (χ0) is 21.5. The molecular weight excluding hydrogens is 396 g/mol. The molecule has 2 aromatic carbocycles. The van der Waals surface area contributed by atoms with Crippen LogP contribution in [0.1, 0.15) is 23.0 Å². The van der Waals surface area contributed by atoms with Crippen molar-refractivity contribution in [2.24, 2.45) is 4.99 Å². The second kappa shape index (κ2) is 9.62. The maximum atomic E-state index is 12.8. The van der Waals surface area contributed by atoms with Gasteiger partial charge in [0.1, 0.15) is 5.75 Å². The smallest absolute Gasteiger partial charge is 0.257 e. The van der Waals surface area contributed by atoms with E-state index in [1.165, 1.54) is 0 Å². The van der Waals surface area contributed by atoms with Crippen molar-refractivity contribution >= 4 is 17.6 Å². The highest BCUT2D eigenvalue weighted by Gasteiger charge is 2.15. The Balaban J connectivity index is 1.52. The van der Waals surface area contributed by atoms with E-state index in [4.69, 9.17) is 14.2 Å². The third-order valence-corrected chi connectivity index (χ3v) is 4.42. The van der Waals surface area contributed by atoms with E-state index >= 15 is 0 Å². The predicted molar refractivity (Wildman–Crippen MR) is 117 cm³/mol. The summed E-state index contributed by atoms with van der Waals surface area (Å²) in [5.74, 6) is 2.02. The van der Waals surface area contributed by atoms with Gasteiger partial charge >= 0.3 is 0 Å². The molecule has 1 aliphatic rings. The largest absolute Gasteiger partial charge is 0.494 e. The molecule has 1 aromatic heterocycles. The van der Waals surface area contributed by atoms with Crippen molar-refractivity contribution in [3.63, 3.8) is 0 Å². The number of carbonyl (C=O) groups is 1. The van der Waals surface area contributed by atoms with Gasteiger partial charge in [-0.05, 0) is 55.5 Å². The molecule has 0 saturated heterocycles. The number of ether oxygens (including phenoxy) is 3. The minimum absolute atomic E-state index is 0.188. The summed E-state index contributed by atoms with van der Waals surface area (Å²) in [6.45, 7) is 2.97. The lowest BCUT2D eigenvalue weighted by Gasteiger charge is -2.13. The molecule has 0 unspecified atom stereocenters. The number of carbonyl (C=O) groups excluding carboxylic acids is 1. The highest BCUT2D eigenvalue weighted by atomic mass is 16.7. The van der Waals surface area contributed by atoms with E-state index in [0.29, 0.717) is 47.6 Å². The molecule has 0 saturated carbocycles. The van der Waals surface area contributed by atoms with Crippen molar-refractivity contribution < 1.29 is 19.0 Å². The highest BCUT2D eigenvalue weighted by molar-refractivity contribution is 6.10. The summed E-state index contributed by atoms with van der Waals surface area (Å²) in [4.78, 5) is 21.6. The number of aliphatic imine (C=N–C) groups is 1. The van der Waals surface area contributed by atoms with Gasteiger partial charge in [0.25, 0.3) is 5.91 Å². The zero-order valence-corrected chi connectivity index (χ0v) is 17.0. The van der Waals surface area contributed by atoms with Crippen LogP contribution in [0.5, 0.6) is 17.2 Å². The number of nitrogens with zero attached hydrogens (tertiary/aromatic N) is 2. The Bertz CT molecular complexity index is 1070. The second-order valence-corrected chi connectivity index (χ2v) is 6.59. The minimum atomic E-state index is -0.295. The maximum absolute atomic E-state index is 12.8. The van der Waals surface area contributed by atoms with Gasteiger partial charge in [0, 0.05) is 23.5 Å². The van der Waals surface area contributed by atoms with Gasteiger partial charge < -0.3 is 19.5 Å². The first-order valence-corrected chi connectivity index (χ1v) is 9.86. The third kappa shape index (κ3) is 5.30. The molecule has 1 aliphatic heterocycles. The summed E-state index contributed by atoms with van der Waals surface area (Å²) in [7, 11) is 0. The fourth-order valence-electron chi connectivity index (χ4n) is 2.92. The number of amides is 1. The predicted octanol–water partition coefficient (Wildman–Crippen LogP) is 3.61. The van der Waals surface area contributed by atoms with Gasteiger partial charge in [-0.3, -0.25) is 15.1 Å². The van der Waals surface area contributed by atoms with Gasteiger partial charge in [0.15, 0.2) is 11.5 Å². The molecule has 2 heterocycles. The van der Waals surface area contributed by atoms with Crippen LogP contribution in [0.3, 0.4) is 0 Å². The normalized spacial score (nSPS) is 12.4. The Kier molecular flexibility index (Phi) is 6.27. The molecule has 0 spiro atoms. The summed E-state index contributed by atoms with van der Waals surface area (Å²) in [6, 6.07) is 17.9. The standard InChI is InChI=1S/C23H22N4O4/c1-2-29-19-9-6-16(7-10-19)22(28)27-23(25-14-18-5-3-4-12-24-18)26-17-8-11-20-21(13-17)31-15-30-20/h3-13H,2,14-15H2,1H3,(H2,25,26,27,28). The Morgan fingerprint density at radius 3 is 2.71 bits per heavy atom. The van der Waals surface area contributed by atoms with Gasteiger partial charge in [-0.1, -0.05) is 6.07 Å². The second-order valence-electron chi connectivity index (χ2n) is 6.59. The number of benzene rings is 2. The molecule has 1 amide bonds. The molecule has 0 radical (unpaired) electrons. The van der Waals surface area contributed by atoms with E-state index in [2.05, 4.69) is 20.6 Å². The summed E-state index contributed by atoms with van der Waals surface area (Å²) in [5, 5.41) is 5.97. The molecule has 0 atom stereocenters. The zero-order valence-electron chi connectivity index (χ0n) is 17.0. The monoisotopic (exact) mass is 418 g/mol. The van der Waals surface area contributed by atoms with E-state index in [1.54, 1.807) is 42.6 Å². The van der Waals surface area contributed by atoms with Crippen molar-refractivity contribution in [1.29, 1.82) is 0 Å². The molecule has 31 heavy (non-hydrogen) atoms. The number of aromatic nitrogens is 1. The highest BCUT2D eigenvalue weighted by Crippen LogP contribution is 2.34. The molecule has 8 heteroatoms. The number of rotatable bonds is 6. The van der Waals surface area contributed by atoms with Crippen molar-refractivity contribution in [2.75, 3.05) is 18.7 Å². The average Bonchev–Trinajstić information content (AvgIpc) is 3.27. The molecule has 4 rings (SSSR count). The van der Waals surface area contributed by atoms with Crippen LogP contribution in [0.25, 0.3) is 0 Å². The summed E-state index contributed by atoms with van der Waals surface area (Å²) in [5.41, 5.74) is 1.97. The Morgan fingerprint density at radius 1 is 1.10 bits per heavy atom. The van der Waals surface area contributed by atoms with Crippen LogP contribution < -0.4 is 24.8 Å². The third-order valence-electron chi connectivity index (χ3n) is 4.42.